The van der Waals surface area contributed by atoms with E-state index in [1.54, 1.807) is 18.7 Å². The predicted molar refractivity (Wildman–Crippen MR) is 76.6 cm³/mol. The molecule has 0 spiro atoms. The number of rotatable bonds is 3. The van der Waals surface area contributed by atoms with Crippen molar-refractivity contribution in [2.24, 2.45) is 7.05 Å². The van der Waals surface area contributed by atoms with Gasteiger partial charge in [0.15, 0.2) is 5.82 Å². The molecule has 104 valence electrons. The summed E-state index contributed by atoms with van der Waals surface area (Å²) >= 11 is 6.28. The third-order valence-corrected chi connectivity index (χ3v) is 3.58. The summed E-state index contributed by atoms with van der Waals surface area (Å²) in [5, 5.41) is 7.93. The lowest BCUT2D eigenvalue weighted by Gasteiger charge is -2.17. The highest BCUT2D eigenvalue weighted by atomic mass is 35.5. The van der Waals surface area contributed by atoms with Gasteiger partial charge in [0.2, 0.25) is 0 Å². The van der Waals surface area contributed by atoms with Crippen LogP contribution in [0.4, 0.5) is 0 Å². The molecule has 0 aliphatic carbocycles. The summed E-state index contributed by atoms with van der Waals surface area (Å²) in [4.78, 5) is 8.70. The topological polar surface area (TPSA) is 61.4 Å². The van der Waals surface area contributed by atoms with Crippen molar-refractivity contribution in [3.8, 4) is 0 Å². The van der Waals surface area contributed by atoms with E-state index in [0.29, 0.717) is 0 Å². The summed E-state index contributed by atoms with van der Waals surface area (Å²) in [6.07, 6.45) is 5.20. The Labute approximate surface area is 121 Å². The van der Waals surface area contributed by atoms with E-state index in [2.05, 4.69) is 31.7 Å². The molecular weight excluding hydrogens is 276 g/mol. The molecule has 0 bridgehead atoms. The maximum Gasteiger partial charge on any atom is 0.155 e. The number of aromatic nitrogens is 6. The first kappa shape index (κ1) is 13.1. The van der Waals surface area contributed by atoms with E-state index in [-0.39, 0.29) is 11.4 Å². The molecule has 0 radical (unpaired) electrons. The van der Waals surface area contributed by atoms with E-state index in [1.165, 1.54) is 0 Å². The number of imidazole rings is 1. The fourth-order valence-corrected chi connectivity index (χ4v) is 2.60. The molecule has 20 heavy (non-hydrogen) atoms. The van der Waals surface area contributed by atoms with Gasteiger partial charge >= 0.3 is 0 Å². The van der Waals surface area contributed by atoms with Crippen LogP contribution in [0.2, 0.25) is 0 Å². The summed E-state index contributed by atoms with van der Waals surface area (Å²) in [5.41, 5.74) is 1.84. The lowest BCUT2D eigenvalue weighted by molar-refractivity contribution is 0.563. The third kappa shape index (κ3) is 1.96. The molecule has 7 heteroatoms. The highest BCUT2D eigenvalue weighted by molar-refractivity contribution is 6.20. The Morgan fingerprint density at radius 1 is 1.25 bits per heavy atom. The molecule has 3 rings (SSSR count). The maximum atomic E-state index is 6.28. The lowest BCUT2D eigenvalue weighted by Crippen LogP contribution is -2.15. The van der Waals surface area contributed by atoms with Crippen LogP contribution in [-0.2, 0) is 7.05 Å². The van der Waals surface area contributed by atoms with E-state index in [0.717, 1.165) is 22.7 Å². The number of alkyl halides is 1. The fraction of sp³-hybridized carbons (Fsp3) is 0.385. The number of halogens is 1. The van der Waals surface area contributed by atoms with Crippen molar-refractivity contribution in [2.45, 2.75) is 25.3 Å². The maximum absolute atomic E-state index is 6.28. The second kappa shape index (κ2) is 4.86. The van der Waals surface area contributed by atoms with Crippen molar-refractivity contribution in [1.29, 1.82) is 0 Å². The van der Waals surface area contributed by atoms with Gasteiger partial charge in [-0.3, -0.25) is 4.98 Å². The van der Waals surface area contributed by atoms with Crippen LogP contribution in [0.15, 0.2) is 24.8 Å². The smallest absolute Gasteiger partial charge is 0.155 e. The highest BCUT2D eigenvalue weighted by Crippen LogP contribution is 2.29. The number of aryl methyl sites for hydroxylation is 1. The first-order valence-corrected chi connectivity index (χ1v) is 6.83. The van der Waals surface area contributed by atoms with Crippen molar-refractivity contribution < 1.29 is 0 Å². The zero-order chi connectivity index (χ0) is 14.3. The van der Waals surface area contributed by atoms with Gasteiger partial charge in [-0.05, 0) is 19.9 Å². The quantitative estimate of drug-likeness (QED) is 0.695. The molecule has 0 aliphatic heterocycles. The molecule has 3 heterocycles. The molecule has 0 N–H and O–H groups in total. The minimum atomic E-state index is -0.196. The first-order chi connectivity index (χ1) is 9.59. The zero-order valence-corrected chi connectivity index (χ0v) is 12.3. The minimum absolute atomic E-state index is 0.00824. The molecular formula is C13H15ClN6. The van der Waals surface area contributed by atoms with Gasteiger partial charge in [0.05, 0.1) is 23.1 Å². The van der Waals surface area contributed by atoms with Crippen LogP contribution < -0.4 is 0 Å². The van der Waals surface area contributed by atoms with Crippen LogP contribution >= 0.6 is 11.6 Å². The monoisotopic (exact) mass is 290 g/mol. The van der Waals surface area contributed by atoms with E-state index in [1.807, 2.05) is 24.6 Å². The van der Waals surface area contributed by atoms with Gasteiger partial charge in [0, 0.05) is 13.2 Å². The molecule has 0 saturated carbocycles. The van der Waals surface area contributed by atoms with Crippen LogP contribution in [-0.4, -0.2) is 29.3 Å². The minimum Gasteiger partial charge on any atom is -0.319 e. The predicted octanol–water partition coefficient (Wildman–Crippen LogP) is 2.47. The van der Waals surface area contributed by atoms with Crippen molar-refractivity contribution in [3.63, 3.8) is 0 Å². The number of hydrogen-bond acceptors (Lipinski definition) is 4. The Morgan fingerprint density at radius 2 is 2.05 bits per heavy atom. The SMILES string of the molecule is CC(Cl)c1nc2cnccc2n1C(C)c1nncn1C. The van der Waals surface area contributed by atoms with Gasteiger partial charge in [-0.25, -0.2) is 4.98 Å². The van der Waals surface area contributed by atoms with Crippen LogP contribution in [0, 0.1) is 0 Å². The van der Waals surface area contributed by atoms with Crippen LogP contribution in [0.1, 0.15) is 36.9 Å². The first-order valence-electron chi connectivity index (χ1n) is 6.39. The van der Waals surface area contributed by atoms with Crippen molar-refractivity contribution >= 4 is 22.6 Å². The van der Waals surface area contributed by atoms with Gasteiger partial charge in [-0.1, -0.05) is 0 Å². The zero-order valence-electron chi connectivity index (χ0n) is 11.5. The molecule has 2 atom stereocenters. The number of fused-ring (bicyclic) bond motifs is 1. The average Bonchev–Trinajstić information content (AvgIpc) is 3.01. The van der Waals surface area contributed by atoms with E-state index < -0.39 is 0 Å². The Bertz CT molecular complexity index is 744. The van der Waals surface area contributed by atoms with Gasteiger partial charge in [0.25, 0.3) is 0 Å². The number of nitrogens with zero attached hydrogens (tertiary/aromatic N) is 6. The molecule has 0 aromatic carbocycles. The van der Waals surface area contributed by atoms with Crippen molar-refractivity contribution in [2.75, 3.05) is 0 Å². The Morgan fingerprint density at radius 3 is 2.70 bits per heavy atom. The normalized spacial score (nSPS) is 14.6. The molecule has 0 saturated heterocycles. The summed E-state index contributed by atoms with van der Waals surface area (Å²) in [6, 6.07) is 1.93. The van der Waals surface area contributed by atoms with Gasteiger partial charge in [0.1, 0.15) is 17.7 Å². The second-order valence-electron chi connectivity index (χ2n) is 4.80. The molecule has 0 fully saturated rings. The number of pyridine rings is 1. The Balaban J connectivity index is 2.23. The summed E-state index contributed by atoms with van der Waals surface area (Å²) in [6.45, 7) is 3.98. The molecule has 2 unspecified atom stereocenters. The second-order valence-corrected chi connectivity index (χ2v) is 5.45. The summed E-state index contributed by atoms with van der Waals surface area (Å²) < 4.78 is 4.00. The summed E-state index contributed by atoms with van der Waals surface area (Å²) in [5.74, 6) is 1.67. The highest BCUT2D eigenvalue weighted by Gasteiger charge is 2.22. The molecule has 0 amide bonds. The third-order valence-electron chi connectivity index (χ3n) is 3.38. The molecule has 3 aromatic heterocycles. The van der Waals surface area contributed by atoms with Gasteiger partial charge < -0.3 is 9.13 Å². The van der Waals surface area contributed by atoms with Crippen LogP contribution in [0.5, 0.6) is 0 Å². The average molecular weight is 291 g/mol. The van der Waals surface area contributed by atoms with Crippen molar-refractivity contribution in [3.05, 3.63) is 36.4 Å². The molecule has 3 aromatic rings. The van der Waals surface area contributed by atoms with E-state index in [9.17, 15) is 0 Å². The van der Waals surface area contributed by atoms with Gasteiger partial charge in [-0.2, -0.15) is 0 Å². The fourth-order valence-electron chi connectivity index (χ4n) is 2.44. The standard InChI is InChI=1S/C13H15ClN6/c1-8(14)12-17-10-6-15-5-4-11(10)20(12)9(2)13-18-16-7-19(13)3/h4-9H,1-3H3. The summed E-state index contributed by atoms with van der Waals surface area (Å²) in [7, 11) is 1.93. The van der Waals surface area contributed by atoms with E-state index in [4.69, 9.17) is 11.6 Å². The number of hydrogen-bond donors (Lipinski definition) is 0. The van der Waals surface area contributed by atoms with Crippen molar-refractivity contribution in [1.82, 2.24) is 29.3 Å². The Kier molecular flexibility index (Phi) is 3.17. The largest absolute Gasteiger partial charge is 0.319 e. The molecule has 0 aliphatic rings. The van der Waals surface area contributed by atoms with Crippen LogP contribution in [0.3, 0.4) is 0 Å². The molecule has 6 nitrogen and oxygen atoms in total. The lowest BCUT2D eigenvalue weighted by atomic mass is 10.2. The van der Waals surface area contributed by atoms with E-state index >= 15 is 0 Å². The van der Waals surface area contributed by atoms with Crippen LogP contribution in [0.25, 0.3) is 11.0 Å². The van der Waals surface area contributed by atoms with Gasteiger partial charge in [-0.15, -0.1) is 21.8 Å². The Hall–Kier alpha value is -1.95.